The van der Waals surface area contributed by atoms with Gasteiger partial charge in [0.1, 0.15) is 0 Å². The predicted octanol–water partition coefficient (Wildman–Crippen LogP) is 2.75. The Kier molecular flexibility index (Phi) is 19.1. The molecule has 22 heavy (non-hydrogen) atoms. The molecule has 1 N–H and O–H groups in total. The Morgan fingerprint density at radius 2 is 1.55 bits per heavy atom. The standard InChI is InChI=1S/C7H16OS.C4H9NOS.C4H8S2/c1-3-5-6-7-9(8)4-2;6-7-3-1-5-2-4-7;1-2-6-4-3-5-1/h3-7H2,1-2H3;5H,1-4H2;1-4H2. The first-order valence-electron chi connectivity index (χ1n) is 8.26. The van der Waals surface area contributed by atoms with Crippen LogP contribution in [-0.4, -0.2) is 67.5 Å². The summed E-state index contributed by atoms with van der Waals surface area (Å²) in [7, 11) is -1.03. The van der Waals surface area contributed by atoms with Crippen LogP contribution >= 0.6 is 23.5 Å². The molecular weight excluding hydrogens is 354 g/mol. The molecule has 0 aromatic rings. The lowest BCUT2D eigenvalue weighted by molar-refractivity contribution is 0.659. The van der Waals surface area contributed by atoms with Crippen molar-refractivity contribution in [2.45, 2.75) is 33.1 Å². The molecule has 1 atom stereocenters. The van der Waals surface area contributed by atoms with Crippen LogP contribution in [-0.2, 0) is 21.6 Å². The minimum atomic E-state index is -0.528. The van der Waals surface area contributed by atoms with Gasteiger partial charge in [-0.05, 0) is 6.42 Å². The Bertz CT molecular complexity index is 267. The quantitative estimate of drug-likeness (QED) is 0.735. The first-order chi connectivity index (χ1) is 10.7. The van der Waals surface area contributed by atoms with E-state index < -0.39 is 21.6 Å². The molecule has 2 aliphatic rings. The third-order valence-electron chi connectivity index (χ3n) is 3.05. The summed E-state index contributed by atoms with van der Waals surface area (Å²) in [5, 5.41) is 3.12. The van der Waals surface area contributed by atoms with Crippen LogP contribution in [0.2, 0.25) is 0 Å². The van der Waals surface area contributed by atoms with E-state index in [0.717, 1.165) is 42.5 Å². The molecule has 1 unspecified atom stereocenters. The fourth-order valence-corrected chi connectivity index (χ4v) is 5.75. The van der Waals surface area contributed by atoms with E-state index >= 15 is 0 Å². The van der Waals surface area contributed by atoms with E-state index in [1.54, 1.807) is 0 Å². The van der Waals surface area contributed by atoms with Crippen molar-refractivity contribution in [3.63, 3.8) is 0 Å². The van der Waals surface area contributed by atoms with Crippen molar-refractivity contribution < 1.29 is 8.42 Å². The Morgan fingerprint density at radius 3 is 1.86 bits per heavy atom. The summed E-state index contributed by atoms with van der Waals surface area (Å²) in [6, 6.07) is 0. The van der Waals surface area contributed by atoms with Crippen LogP contribution in [0.15, 0.2) is 0 Å². The fourth-order valence-electron chi connectivity index (χ4n) is 1.70. The van der Waals surface area contributed by atoms with Gasteiger partial charge in [0.2, 0.25) is 0 Å². The molecule has 0 saturated carbocycles. The highest BCUT2D eigenvalue weighted by Gasteiger charge is 2.03. The molecule has 134 valence electrons. The van der Waals surface area contributed by atoms with Crippen molar-refractivity contribution in [3.05, 3.63) is 0 Å². The predicted molar refractivity (Wildman–Crippen MR) is 108 cm³/mol. The Morgan fingerprint density at radius 1 is 1.00 bits per heavy atom. The van der Waals surface area contributed by atoms with Crippen molar-refractivity contribution in [2.75, 3.05) is 59.1 Å². The molecule has 0 aromatic heterocycles. The van der Waals surface area contributed by atoms with Gasteiger partial charge in [-0.3, -0.25) is 8.42 Å². The van der Waals surface area contributed by atoms with Crippen LogP contribution in [0.1, 0.15) is 33.1 Å². The zero-order chi connectivity index (χ0) is 16.5. The molecule has 2 aliphatic heterocycles. The Balaban J connectivity index is 0.000000306. The van der Waals surface area contributed by atoms with Gasteiger partial charge in [-0.2, -0.15) is 23.5 Å². The summed E-state index contributed by atoms with van der Waals surface area (Å²) in [6.07, 6.45) is 3.59. The first-order valence-corrected chi connectivity index (χ1v) is 13.5. The molecule has 0 amide bonds. The SMILES string of the molecule is C1CSCCS1.CCCCCS(=O)CC.O=S1CCNCC1. The summed E-state index contributed by atoms with van der Waals surface area (Å²) in [5.74, 6) is 8.94. The van der Waals surface area contributed by atoms with Gasteiger partial charge in [0.15, 0.2) is 0 Å². The normalized spacial score (nSPS) is 20.1. The van der Waals surface area contributed by atoms with Gasteiger partial charge >= 0.3 is 0 Å². The van der Waals surface area contributed by atoms with Crippen molar-refractivity contribution in [1.29, 1.82) is 0 Å². The smallest absolute Gasteiger partial charge is 0.0360 e. The number of hydrogen-bond acceptors (Lipinski definition) is 5. The van der Waals surface area contributed by atoms with Crippen LogP contribution < -0.4 is 5.32 Å². The van der Waals surface area contributed by atoms with E-state index in [4.69, 9.17) is 0 Å². The van der Waals surface area contributed by atoms with Crippen molar-refractivity contribution in [3.8, 4) is 0 Å². The lowest BCUT2D eigenvalue weighted by Crippen LogP contribution is -2.32. The highest BCUT2D eigenvalue weighted by molar-refractivity contribution is 8.06. The van der Waals surface area contributed by atoms with Gasteiger partial charge in [-0.25, -0.2) is 0 Å². The van der Waals surface area contributed by atoms with E-state index in [1.165, 1.54) is 35.9 Å². The molecule has 2 fully saturated rings. The van der Waals surface area contributed by atoms with Gasteiger partial charge in [0.05, 0.1) is 0 Å². The van der Waals surface area contributed by atoms with Crippen molar-refractivity contribution in [1.82, 2.24) is 5.32 Å². The molecule has 0 aromatic carbocycles. The maximum absolute atomic E-state index is 10.8. The average molecular weight is 388 g/mol. The monoisotopic (exact) mass is 387 g/mol. The van der Waals surface area contributed by atoms with Crippen molar-refractivity contribution in [2.24, 2.45) is 0 Å². The van der Waals surface area contributed by atoms with Crippen LogP contribution in [0.5, 0.6) is 0 Å². The fraction of sp³-hybridized carbons (Fsp3) is 1.00. The molecule has 2 rings (SSSR count). The van der Waals surface area contributed by atoms with Crippen LogP contribution in [0, 0.1) is 0 Å². The summed E-state index contributed by atoms with van der Waals surface area (Å²) in [4.78, 5) is 0. The number of hydrogen-bond donors (Lipinski definition) is 1. The van der Waals surface area contributed by atoms with Gasteiger partial charge in [0, 0.05) is 80.7 Å². The van der Waals surface area contributed by atoms with E-state index in [2.05, 4.69) is 35.8 Å². The molecular formula is C15H33NO2S4. The summed E-state index contributed by atoms with van der Waals surface area (Å²) in [5.41, 5.74) is 0. The lowest BCUT2D eigenvalue weighted by atomic mass is 10.3. The molecule has 3 nitrogen and oxygen atoms in total. The maximum Gasteiger partial charge on any atom is 0.0360 e. The lowest BCUT2D eigenvalue weighted by Gasteiger charge is -2.09. The zero-order valence-corrected chi connectivity index (χ0v) is 17.4. The molecule has 0 bridgehead atoms. The summed E-state index contributed by atoms with van der Waals surface area (Å²) < 4.78 is 21.3. The van der Waals surface area contributed by atoms with E-state index in [-0.39, 0.29) is 0 Å². The van der Waals surface area contributed by atoms with Gasteiger partial charge < -0.3 is 5.32 Å². The number of nitrogens with one attached hydrogen (secondary N) is 1. The largest absolute Gasteiger partial charge is 0.315 e. The third kappa shape index (κ3) is 17.3. The second kappa shape index (κ2) is 18.3. The molecule has 2 saturated heterocycles. The number of rotatable bonds is 5. The first kappa shape index (κ1) is 23.0. The molecule has 0 spiro atoms. The number of unbranched alkanes of at least 4 members (excludes halogenated alkanes) is 2. The minimum Gasteiger partial charge on any atom is -0.315 e. The second-order valence-electron chi connectivity index (χ2n) is 4.96. The van der Waals surface area contributed by atoms with E-state index in [0.29, 0.717) is 0 Å². The van der Waals surface area contributed by atoms with Gasteiger partial charge in [-0.1, -0.05) is 26.7 Å². The average Bonchev–Trinajstić information content (AvgIpc) is 2.58. The van der Waals surface area contributed by atoms with E-state index in [1.807, 2.05) is 6.92 Å². The van der Waals surface area contributed by atoms with Gasteiger partial charge in [0.25, 0.3) is 0 Å². The Labute approximate surface area is 150 Å². The highest BCUT2D eigenvalue weighted by atomic mass is 32.2. The topological polar surface area (TPSA) is 46.2 Å². The maximum atomic E-state index is 10.8. The van der Waals surface area contributed by atoms with Crippen LogP contribution in [0.4, 0.5) is 0 Å². The Hall–Kier alpha value is 0.960. The zero-order valence-electron chi connectivity index (χ0n) is 14.1. The molecule has 7 heteroatoms. The molecule has 2 heterocycles. The van der Waals surface area contributed by atoms with E-state index in [9.17, 15) is 8.42 Å². The molecule has 0 radical (unpaired) electrons. The van der Waals surface area contributed by atoms with Crippen LogP contribution in [0.3, 0.4) is 0 Å². The second-order valence-corrected chi connectivity index (χ2v) is 11.0. The molecule has 0 aliphatic carbocycles. The number of thioether (sulfide) groups is 2. The van der Waals surface area contributed by atoms with Crippen molar-refractivity contribution >= 4 is 45.1 Å². The van der Waals surface area contributed by atoms with Crippen LogP contribution in [0.25, 0.3) is 0 Å². The summed E-state index contributed by atoms with van der Waals surface area (Å²) in [6.45, 7) is 6.01. The third-order valence-corrected chi connectivity index (χ3v) is 8.25. The van der Waals surface area contributed by atoms with Gasteiger partial charge in [-0.15, -0.1) is 0 Å². The summed E-state index contributed by atoms with van der Waals surface area (Å²) >= 11 is 4.15. The minimum absolute atomic E-state index is 0.503. The highest BCUT2D eigenvalue weighted by Crippen LogP contribution is 2.14.